The second-order valence-electron chi connectivity index (χ2n) is 9.87. The molecule has 2 aromatic heterocycles. The van der Waals surface area contributed by atoms with Crippen molar-refractivity contribution in [1.82, 2.24) is 35.7 Å². The molecule has 0 bridgehead atoms. The van der Waals surface area contributed by atoms with E-state index in [2.05, 4.69) is 36.3 Å². The highest BCUT2D eigenvalue weighted by atomic mass is 32.2. The van der Waals surface area contributed by atoms with Crippen LogP contribution in [0.15, 0.2) is 12.5 Å². The van der Waals surface area contributed by atoms with Crippen LogP contribution in [0.2, 0.25) is 0 Å². The molecule has 3 saturated heterocycles. The lowest BCUT2D eigenvalue weighted by Crippen LogP contribution is -2.36. The number of carbonyl (C=O) groups is 2. The van der Waals surface area contributed by atoms with Crippen molar-refractivity contribution in [3.05, 3.63) is 12.5 Å². The normalized spacial score (nSPS) is 26.7. The summed E-state index contributed by atoms with van der Waals surface area (Å²) in [7, 11) is 0. The predicted octanol–water partition coefficient (Wildman–Crippen LogP) is 1.53. The quantitative estimate of drug-likeness (QED) is 0.191. The zero-order valence-electron chi connectivity index (χ0n) is 20.9. The topological polar surface area (TPSA) is 155 Å². The highest BCUT2D eigenvalue weighted by Crippen LogP contribution is 2.33. The summed E-state index contributed by atoms with van der Waals surface area (Å²) in [6.45, 7) is 1.40. The van der Waals surface area contributed by atoms with Gasteiger partial charge in [-0.1, -0.05) is 6.42 Å². The van der Waals surface area contributed by atoms with Gasteiger partial charge in [0.2, 0.25) is 5.91 Å². The third-order valence-electron chi connectivity index (χ3n) is 7.25. The van der Waals surface area contributed by atoms with E-state index in [1.807, 2.05) is 11.8 Å². The Morgan fingerprint density at radius 3 is 2.95 bits per heavy atom. The Hall–Kier alpha value is -2.64. The Kier molecular flexibility index (Phi) is 8.62. The summed E-state index contributed by atoms with van der Waals surface area (Å²) in [6, 6.07) is 0.434. The Bertz CT molecular complexity index is 1080. The van der Waals surface area contributed by atoms with Gasteiger partial charge in [0.25, 0.3) is 0 Å². The minimum atomic E-state index is -0.220. The lowest BCUT2D eigenvalue weighted by atomic mass is 10.0. The number of aliphatic hydroxyl groups excluding tert-OH is 1. The Morgan fingerprint density at radius 1 is 1.19 bits per heavy atom. The first-order valence-corrected chi connectivity index (χ1v) is 14.3. The summed E-state index contributed by atoms with van der Waals surface area (Å²) in [6.07, 6.45) is 9.69. The van der Waals surface area contributed by atoms with Gasteiger partial charge in [0.15, 0.2) is 11.9 Å². The van der Waals surface area contributed by atoms with Crippen LogP contribution in [0.3, 0.4) is 0 Å². The third kappa shape index (κ3) is 6.27. The Balaban J connectivity index is 0.950. The maximum Gasteiger partial charge on any atom is 0.315 e. The number of nitrogens with zero attached hydrogens (tertiary/aromatic N) is 4. The van der Waals surface area contributed by atoms with Gasteiger partial charge < -0.3 is 31.1 Å². The standard InChI is InChI=1S/C24H36N8O4S/c33-12-15-7-8-20(36-15)32-23-16(11-29-32)22(27-14-28-23)26-10-4-3-9-25-19(34)6-2-1-5-18-21-17(13-37-18)30-24(35)31-21/h11,14-15,17-18,20-21,33H,1-10,12-13H2,(H,25,34)(H,26,27,28)(H2,30,31,35)/t15-,17-,18?,20+,21-/m0/s1. The highest BCUT2D eigenvalue weighted by molar-refractivity contribution is 8.00. The summed E-state index contributed by atoms with van der Waals surface area (Å²) in [5.41, 5.74) is 0.712. The van der Waals surface area contributed by atoms with Crippen molar-refractivity contribution in [2.24, 2.45) is 0 Å². The SMILES string of the molecule is O=C(CCCCC1SC[C@@H]2NC(=O)N[C@H]12)NCCCCNc1ncnc2c1cnn2[C@H]1CC[C@@H](CO)O1. The molecule has 5 rings (SSSR count). The molecule has 3 fully saturated rings. The number of urea groups is 1. The number of carbonyl (C=O) groups excluding carboxylic acids is 2. The van der Waals surface area contributed by atoms with Gasteiger partial charge >= 0.3 is 6.03 Å². The summed E-state index contributed by atoms with van der Waals surface area (Å²) in [5, 5.41) is 27.4. The van der Waals surface area contributed by atoms with Gasteiger partial charge in [-0.25, -0.2) is 19.4 Å². The van der Waals surface area contributed by atoms with E-state index in [1.165, 1.54) is 6.33 Å². The van der Waals surface area contributed by atoms with Crippen LogP contribution in [0.4, 0.5) is 10.6 Å². The van der Waals surface area contributed by atoms with Crippen molar-refractivity contribution in [3.8, 4) is 0 Å². The average molecular weight is 533 g/mol. The Morgan fingerprint density at radius 2 is 2.08 bits per heavy atom. The smallest absolute Gasteiger partial charge is 0.315 e. The van der Waals surface area contributed by atoms with E-state index in [4.69, 9.17) is 4.74 Å². The number of unbranched alkanes of at least 4 members (excludes halogenated alkanes) is 2. The van der Waals surface area contributed by atoms with Crippen LogP contribution in [0, 0.1) is 0 Å². The molecule has 2 aromatic rings. The van der Waals surface area contributed by atoms with E-state index in [0.29, 0.717) is 23.9 Å². The molecular weight excluding hydrogens is 496 g/mol. The number of ether oxygens (including phenoxy) is 1. The molecule has 3 aliphatic rings. The van der Waals surface area contributed by atoms with Crippen molar-refractivity contribution in [2.45, 2.75) is 81.0 Å². The van der Waals surface area contributed by atoms with Gasteiger partial charge in [0, 0.05) is 30.5 Å². The number of nitrogens with one attached hydrogen (secondary N) is 4. The minimum absolute atomic E-state index is 0.0123. The number of fused-ring (bicyclic) bond motifs is 2. The predicted molar refractivity (Wildman–Crippen MR) is 140 cm³/mol. The van der Waals surface area contributed by atoms with Crippen molar-refractivity contribution in [1.29, 1.82) is 0 Å². The van der Waals surface area contributed by atoms with Gasteiger partial charge in [-0.3, -0.25) is 4.79 Å². The van der Waals surface area contributed by atoms with E-state index in [9.17, 15) is 14.7 Å². The van der Waals surface area contributed by atoms with E-state index in [0.717, 1.165) is 68.4 Å². The fraction of sp³-hybridized carbons (Fsp3) is 0.708. The molecule has 3 amide bonds. The lowest BCUT2D eigenvalue weighted by molar-refractivity contribution is -0.121. The second-order valence-corrected chi connectivity index (χ2v) is 11.1. The molecule has 37 heavy (non-hydrogen) atoms. The number of thioether (sulfide) groups is 1. The van der Waals surface area contributed by atoms with Gasteiger partial charge in [0.1, 0.15) is 12.1 Å². The maximum absolute atomic E-state index is 12.2. The maximum atomic E-state index is 12.2. The number of anilines is 1. The zero-order chi connectivity index (χ0) is 25.6. The molecule has 3 aliphatic heterocycles. The van der Waals surface area contributed by atoms with Crippen LogP contribution in [0.25, 0.3) is 11.0 Å². The molecule has 0 aliphatic carbocycles. The van der Waals surface area contributed by atoms with E-state index in [-0.39, 0.29) is 43.0 Å². The molecule has 0 radical (unpaired) electrons. The zero-order valence-corrected chi connectivity index (χ0v) is 21.7. The van der Waals surface area contributed by atoms with Crippen LogP contribution in [0.1, 0.15) is 57.6 Å². The highest BCUT2D eigenvalue weighted by Gasteiger charge is 2.42. The number of aromatic nitrogens is 4. The number of hydrogen-bond donors (Lipinski definition) is 5. The lowest BCUT2D eigenvalue weighted by Gasteiger charge is -2.16. The average Bonchev–Trinajstić information content (AvgIpc) is 3.68. The van der Waals surface area contributed by atoms with Gasteiger partial charge in [-0.15, -0.1) is 0 Å². The molecule has 202 valence electrons. The van der Waals surface area contributed by atoms with Crippen molar-refractivity contribution in [3.63, 3.8) is 0 Å². The number of hydrogen-bond acceptors (Lipinski definition) is 9. The van der Waals surface area contributed by atoms with Crippen LogP contribution >= 0.6 is 11.8 Å². The summed E-state index contributed by atoms with van der Waals surface area (Å²) >= 11 is 1.91. The van der Waals surface area contributed by atoms with Gasteiger partial charge in [-0.05, 0) is 38.5 Å². The molecular formula is C24H36N8O4S. The second kappa shape index (κ2) is 12.3. The summed E-state index contributed by atoms with van der Waals surface area (Å²) in [4.78, 5) is 32.4. The van der Waals surface area contributed by atoms with E-state index >= 15 is 0 Å². The molecule has 0 saturated carbocycles. The first-order valence-electron chi connectivity index (χ1n) is 13.3. The Labute approximate surface area is 220 Å². The third-order valence-corrected chi connectivity index (χ3v) is 8.76. The molecule has 5 N–H and O–H groups in total. The van der Waals surface area contributed by atoms with Gasteiger partial charge in [-0.2, -0.15) is 16.9 Å². The summed E-state index contributed by atoms with van der Waals surface area (Å²) in [5.74, 6) is 1.80. The fourth-order valence-corrected chi connectivity index (χ4v) is 6.81. The van der Waals surface area contributed by atoms with Crippen LogP contribution in [-0.2, 0) is 9.53 Å². The minimum Gasteiger partial charge on any atom is -0.394 e. The van der Waals surface area contributed by atoms with Crippen LogP contribution < -0.4 is 21.3 Å². The summed E-state index contributed by atoms with van der Waals surface area (Å²) < 4.78 is 7.60. The molecule has 5 heterocycles. The fourth-order valence-electron chi connectivity index (χ4n) is 5.26. The molecule has 12 nitrogen and oxygen atoms in total. The molecule has 13 heteroatoms. The molecule has 1 unspecified atom stereocenters. The van der Waals surface area contributed by atoms with Gasteiger partial charge in [0.05, 0.1) is 36.4 Å². The number of rotatable bonds is 13. The first kappa shape index (κ1) is 26.0. The van der Waals surface area contributed by atoms with Crippen molar-refractivity contribution < 1.29 is 19.4 Å². The van der Waals surface area contributed by atoms with Crippen LogP contribution in [-0.4, -0.2) is 85.7 Å². The largest absolute Gasteiger partial charge is 0.394 e. The van der Waals surface area contributed by atoms with E-state index in [1.54, 1.807) is 10.9 Å². The number of aliphatic hydroxyl groups is 1. The van der Waals surface area contributed by atoms with Crippen molar-refractivity contribution >= 4 is 40.6 Å². The molecule has 0 spiro atoms. The monoisotopic (exact) mass is 532 g/mol. The molecule has 0 aromatic carbocycles. The molecule has 5 atom stereocenters. The number of amides is 3. The van der Waals surface area contributed by atoms with Crippen molar-refractivity contribution in [2.75, 3.05) is 30.8 Å². The van der Waals surface area contributed by atoms with E-state index < -0.39 is 0 Å². The van der Waals surface area contributed by atoms with Crippen LogP contribution in [0.5, 0.6) is 0 Å². The first-order chi connectivity index (χ1) is 18.1.